The van der Waals surface area contributed by atoms with Crippen LogP contribution in [0, 0.1) is 0 Å². The minimum atomic E-state index is -4.68. The van der Waals surface area contributed by atoms with Crippen LogP contribution in [0.25, 0.3) is 0 Å². The van der Waals surface area contributed by atoms with Crippen LogP contribution in [0.1, 0.15) is 69.2 Å². The first-order valence-electron chi connectivity index (χ1n) is 13.1. The molecular weight excluding hydrogens is 533 g/mol. The average Bonchev–Trinajstić information content (AvgIpc) is 3.40. The van der Waals surface area contributed by atoms with E-state index in [0.29, 0.717) is 43.7 Å². The number of fused-ring (bicyclic) bond motifs is 1. The van der Waals surface area contributed by atoms with Crippen molar-refractivity contribution >= 4 is 21.7 Å². The van der Waals surface area contributed by atoms with Crippen LogP contribution < -0.4 is 9.64 Å². The third-order valence-electron chi connectivity index (χ3n) is 7.00. The van der Waals surface area contributed by atoms with Crippen LogP contribution in [-0.2, 0) is 32.2 Å². The van der Waals surface area contributed by atoms with E-state index >= 15 is 0 Å². The van der Waals surface area contributed by atoms with Gasteiger partial charge in [-0.3, -0.25) is 0 Å². The lowest BCUT2D eigenvalue weighted by Crippen LogP contribution is -2.34. The summed E-state index contributed by atoms with van der Waals surface area (Å²) in [6.07, 6.45) is -1.24. The first kappa shape index (κ1) is 29.2. The van der Waals surface area contributed by atoms with Gasteiger partial charge in [0.05, 0.1) is 16.5 Å². The molecule has 1 aliphatic carbocycles. The van der Waals surface area contributed by atoms with Gasteiger partial charge < -0.3 is 14.4 Å². The zero-order valence-electron chi connectivity index (χ0n) is 22.7. The predicted molar refractivity (Wildman–Crippen MR) is 141 cm³/mol. The van der Waals surface area contributed by atoms with Gasteiger partial charge in [-0.25, -0.2) is 13.2 Å². The van der Waals surface area contributed by atoms with Crippen LogP contribution in [0.15, 0.2) is 41.3 Å². The molecule has 214 valence electrons. The van der Waals surface area contributed by atoms with Crippen LogP contribution in [0.3, 0.4) is 0 Å². The molecule has 4 rings (SSSR count). The van der Waals surface area contributed by atoms with E-state index in [1.165, 1.54) is 13.1 Å². The second kappa shape index (κ2) is 11.0. The van der Waals surface area contributed by atoms with Crippen molar-refractivity contribution in [2.45, 2.75) is 75.6 Å². The second-order valence-corrected chi connectivity index (χ2v) is 13.0. The van der Waals surface area contributed by atoms with Gasteiger partial charge in [0.25, 0.3) is 0 Å². The Morgan fingerprint density at radius 1 is 1.08 bits per heavy atom. The van der Waals surface area contributed by atoms with Gasteiger partial charge >= 0.3 is 12.1 Å². The highest BCUT2D eigenvalue weighted by Crippen LogP contribution is 2.41. The lowest BCUT2D eigenvalue weighted by Gasteiger charge is -2.33. The van der Waals surface area contributed by atoms with Crippen molar-refractivity contribution in [1.29, 1.82) is 0 Å². The lowest BCUT2D eigenvalue weighted by atomic mass is 9.87. The molecular formula is C28H35F3N2O5S. The largest absolute Gasteiger partial charge is 0.482 e. The summed E-state index contributed by atoms with van der Waals surface area (Å²) in [6.45, 7) is 6.14. The molecule has 7 nitrogen and oxygen atoms in total. The van der Waals surface area contributed by atoms with Crippen LogP contribution in [0.4, 0.5) is 18.9 Å². The fraction of sp³-hybridized carbons (Fsp3) is 0.536. The van der Waals surface area contributed by atoms with E-state index in [1.807, 2.05) is 0 Å². The molecule has 2 aromatic rings. The molecule has 0 N–H and O–H groups in total. The van der Waals surface area contributed by atoms with Gasteiger partial charge in [-0.1, -0.05) is 12.1 Å². The molecule has 2 aliphatic rings. The summed E-state index contributed by atoms with van der Waals surface area (Å²) in [5, 5.41) is 0. The Morgan fingerprint density at radius 3 is 2.41 bits per heavy atom. The Bertz CT molecular complexity index is 1320. The number of benzene rings is 2. The third kappa shape index (κ3) is 6.69. The SMILES string of the molecule is CN([C@@H]1CCCc2c(OCC(=O)OC(C)(C)C)cccc21)S(=O)(=O)c1cc(N2CCCC2)cc(C(F)(F)F)c1. The highest BCUT2D eigenvalue weighted by atomic mass is 32.2. The molecule has 2 aromatic carbocycles. The summed E-state index contributed by atoms with van der Waals surface area (Å²) < 4.78 is 81.1. The molecule has 1 saturated heterocycles. The lowest BCUT2D eigenvalue weighted by molar-refractivity contribution is -0.157. The van der Waals surface area contributed by atoms with Crippen molar-refractivity contribution in [1.82, 2.24) is 4.31 Å². The maximum absolute atomic E-state index is 13.8. The van der Waals surface area contributed by atoms with Crippen LogP contribution >= 0.6 is 0 Å². The second-order valence-electron chi connectivity index (χ2n) is 11.0. The maximum Gasteiger partial charge on any atom is 0.416 e. The first-order chi connectivity index (χ1) is 18.2. The topological polar surface area (TPSA) is 76.1 Å². The molecule has 0 bridgehead atoms. The monoisotopic (exact) mass is 568 g/mol. The number of carbonyl (C=O) groups excluding carboxylic acids is 1. The molecule has 0 spiro atoms. The minimum Gasteiger partial charge on any atom is -0.482 e. The fourth-order valence-corrected chi connectivity index (χ4v) is 6.63. The quantitative estimate of drug-likeness (QED) is 0.398. The highest BCUT2D eigenvalue weighted by molar-refractivity contribution is 7.89. The molecule has 0 aromatic heterocycles. The molecule has 1 fully saturated rings. The van der Waals surface area contributed by atoms with E-state index in [9.17, 15) is 26.4 Å². The number of nitrogens with zero attached hydrogens (tertiary/aromatic N) is 2. The first-order valence-corrected chi connectivity index (χ1v) is 14.5. The van der Waals surface area contributed by atoms with Crippen molar-refractivity contribution in [3.63, 3.8) is 0 Å². The zero-order chi connectivity index (χ0) is 28.6. The molecule has 0 radical (unpaired) electrons. The van der Waals surface area contributed by atoms with Crippen molar-refractivity contribution in [3.05, 3.63) is 53.1 Å². The Balaban J connectivity index is 1.64. The van der Waals surface area contributed by atoms with Crippen LogP contribution in [0.2, 0.25) is 0 Å². The van der Waals surface area contributed by atoms with Gasteiger partial charge in [0, 0.05) is 25.8 Å². The standard InChI is InChI=1S/C28H35F3N2O5S/c1-27(2,3)38-26(34)18-37-25-12-8-9-22-23(25)10-7-11-24(22)32(4)39(35,36)21-16-19(28(29,30)31)15-20(17-21)33-13-5-6-14-33/h8-9,12,15-17,24H,5-7,10-11,13-14,18H2,1-4H3/t24-/m1/s1. The predicted octanol–water partition coefficient (Wildman–Crippen LogP) is 5.72. The van der Waals surface area contributed by atoms with Crippen LogP contribution in [-0.4, -0.2) is 51.0 Å². The summed E-state index contributed by atoms with van der Waals surface area (Å²) >= 11 is 0. The Kier molecular flexibility index (Phi) is 8.23. The van der Waals surface area contributed by atoms with Crippen molar-refractivity contribution in [3.8, 4) is 5.75 Å². The summed E-state index contributed by atoms with van der Waals surface area (Å²) in [6, 6.07) is 7.72. The molecule has 1 atom stereocenters. The smallest absolute Gasteiger partial charge is 0.416 e. The number of hydrogen-bond donors (Lipinski definition) is 0. The number of alkyl halides is 3. The van der Waals surface area contributed by atoms with E-state index in [4.69, 9.17) is 9.47 Å². The molecule has 1 aliphatic heterocycles. The van der Waals surface area contributed by atoms with Crippen molar-refractivity contribution in [2.24, 2.45) is 0 Å². The van der Waals surface area contributed by atoms with Gasteiger partial charge in [0.1, 0.15) is 11.4 Å². The van der Waals surface area contributed by atoms with E-state index in [2.05, 4.69) is 0 Å². The number of anilines is 1. The number of ether oxygens (including phenoxy) is 2. The third-order valence-corrected chi connectivity index (χ3v) is 8.85. The highest BCUT2D eigenvalue weighted by Gasteiger charge is 2.37. The summed E-state index contributed by atoms with van der Waals surface area (Å²) in [5.74, 6) is -0.0604. The van der Waals surface area contributed by atoms with E-state index < -0.39 is 39.4 Å². The summed E-state index contributed by atoms with van der Waals surface area (Å²) in [7, 11) is -2.88. The number of hydrogen-bond acceptors (Lipinski definition) is 6. The Morgan fingerprint density at radius 2 is 1.77 bits per heavy atom. The van der Waals surface area contributed by atoms with E-state index in [1.54, 1.807) is 43.9 Å². The van der Waals surface area contributed by atoms with Crippen LogP contribution in [0.5, 0.6) is 5.75 Å². The maximum atomic E-state index is 13.8. The van der Waals surface area contributed by atoms with Crippen molar-refractivity contribution in [2.75, 3.05) is 31.6 Å². The number of halogens is 3. The normalized spacial score (nSPS) is 18.3. The fourth-order valence-electron chi connectivity index (χ4n) is 5.20. The number of esters is 1. The zero-order valence-corrected chi connectivity index (χ0v) is 23.5. The molecule has 11 heteroatoms. The van der Waals surface area contributed by atoms with Gasteiger partial charge in [-0.2, -0.15) is 17.5 Å². The molecule has 0 unspecified atom stereocenters. The molecule has 39 heavy (non-hydrogen) atoms. The molecule has 1 heterocycles. The number of sulfonamides is 1. The summed E-state index contributed by atoms with van der Waals surface area (Å²) in [4.78, 5) is 13.6. The van der Waals surface area contributed by atoms with Gasteiger partial charge in [-0.15, -0.1) is 0 Å². The molecule has 0 saturated carbocycles. The molecule has 0 amide bonds. The van der Waals surface area contributed by atoms with Gasteiger partial charge in [-0.05, 0) is 88.3 Å². The Hall–Kier alpha value is -2.79. The Labute approximate surface area is 227 Å². The average molecular weight is 569 g/mol. The number of rotatable bonds is 7. The van der Waals surface area contributed by atoms with Gasteiger partial charge in [0.2, 0.25) is 10.0 Å². The van der Waals surface area contributed by atoms with E-state index in [0.717, 1.165) is 34.8 Å². The summed E-state index contributed by atoms with van der Waals surface area (Å²) in [5.41, 5.74) is 0.107. The number of carbonyl (C=O) groups is 1. The van der Waals surface area contributed by atoms with E-state index in [-0.39, 0.29) is 17.2 Å². The minimum absolute atomic E-state index is 0.260. The van der Waals surface area contributed by atoms with Gasteiger partial charge in [0.15, 0.2) is 6.61 Å². The van der Waals surface area contributed by atoms with Crippen molar-refractivity contribution < 1.29 is 35.9 Å².